The van der Waals surface area contributed by atoms with Gasteiger partial charge in [0.1, 0.15) is 11.6 Å². The van der Waals surface area contributed by atoms with Gasteiger partial charge in [-0.25, -0.2) is 4.39 Å². The average Bonchev–Trinajstić information content (AvgIpc) is 2.32. The largest absolute Gasteiger partial charge is 0.492 e. The fraction of sp³-hybridized carbons (Fsp3) is 0.455. The van der Waals surface area contributed by atoms with Crippen molar-refractivity contribution in [3.63, 3.8) is 0 Å². The summed E-state index contributed by atoms with van der Waals surface area (Å²) in [4.78, 5) is 0. The number of ether oxygens (including phenoxy) is 2. The first-order valence-electron chi connectivity index (χ1n) is 5.60. The summed E-state index contributed by atoms with van der Waals surface area (Å²) in [7, 11) is -1.76. The van der Waals surface area contributed by atoms with Gasteiger partial charge in [-0.3, -0.25) is 0 Å². The molecule has 2 rings (SSSR count). The zero-order chi connectivity index (χ0) is 12.3. The van der Waals surface area contributed by atoms with Crippen LogP contribution in [-0.4, -0.2) is 30.1 Å². The van der Waals surface area contributed by atoms with E-state index in [9.17, 15) is 4.39 Å². The monoisotopic (exact) mass is 240 g/mol. The molecule has 0 radical (unpaired) electrons. The zero-order valence-corrected chi connectivity index (χ0v) is 9.30. The van der Waals surface area contributed by atoms with E-state index in [0.717, 1.165) is 25.3 Å². The molecular formula is C11H14BFO4. The highest BCUT2D eigenvalue weighted by Crippen LogP contribution is 2.18. The van der Waals surface area contributed by atoms with Crippen LogP contribution in [0.1, 0.15) is 19.3 Å². The van der Waals surface area contributed by atoms with Crippen molar-refractivity contribution in [1.82, 2.24) is 0 Å². The third-order valence-corrected chi connectivity index (χ3v) is 2.65. The number of benzene rings is 1. The summed E-state index contributed by atoms with van der Waals surface area (Å²) >= 11 is 0. The van der Waals surface area contributed by atoms with Crippen molar-refractivity contribution in [3.05, 3.63) is 24.0 Å². The summed E-state index contributed by atoms with van der Waals surface area (Å²) in [5.41, 5.74) is 0.0131. The van der Waals surface area contributed by atoms with Gasteiger partial charge >= 0.3 is 7.12 Å². The predicted octanol–water partition coefficient (Wildman–Crippen LogP) is 0.411. The first-order chi connectivity index (χ1) is 8.16. The highest BCUT2D eigenvalue weighted by Gasteiger charge is 2.22. The maximum Gasteiger partial charge on any atom is 0.492 e. The van der Waals surface area contributed by atoms with Crippen LogP contribution >= 0.6 is 0 Å². The minimum Gasteiger partial charge on any atom is -0.465 e. The summed E-state index contributed by atoms with van der Waals surface area (Å²) in [6.45, 7) is 0.628. The van der Waals surface area contributed by atoms with Crippen molar-refractivity contribution >= 4 is 12.6 Å². The quantitative estimate of drug-likeness (QED) is 0.751. The Labute approximate surface area is 99.1 Å². The van der Waals surface area contributed by atoms with Gasteiger partial charge in [-0.15, -0.1) is 0 Å². The van der Waals surface area contributed by atoms with Crippen molar-refractivity contribution in [2.45, 2.75) is 25.6 Å². The number of hydrogen-bond acceptors (Lipinski definition) is 4. The molecule has 0 saturated carbocycles. The van der Waals surface area contributed by atoms with Crippen molar-refractivity contribution in [2.24, 2.45) is 0 Å². The maximum absolute atomic E-state index is 13.0. The third kappa shape index (κ3) is 3.18. The minimum absolute atomic E-state index is 0.0131. The molecule has 1 aromatic rings. The van der Waals surface area contributed by atoms with Gasteiger partial charge in [0.25, 0.3) is 0 Å². The molecule has 1 aliphatic heterocycles. The van der Waals surface area contributed by atoms with Crippen LogP contribution in [0.15, 0.2) is 18.2 Å². The van der Waals surface area contributed by atoms with Gasteiger partial charge in [0.15, 0.2) is 6.29 Å². The van der Waals surface area contributed by atoms with Gasteiger partial charge in [0, 0.05) is 11.9 Å². The summed E-state index contributed by atoms with van der Waals surface area (Å²) in [6.07, 6.45) is 2.35. The molecule has 1 aliphatic rings. The van der Waals surface area contributed by atoms with Crippen LogP contribution in [0, 0.1) is 5.82 Å². The van der Waals surface area contributed by atoms with Crippen molar-refractivity contribution < 1.29 is 23.9 Å². The smallest absolute Gasteiger partial charge is 0.465 e. The zero-order valence-electron chi connectivity index (χ0n) is 9.30. The van der Waals surface area contributed by atoms with E-state index >= 15 is 0 Å². The molecule has 6 heteroatoms. The summed E-state index contributed by atoms with van der Waals surface area (Å²) in [6, 6.07) is 3.63. The maximum atomic E-state index is 13.0. The van der Waals surface area contributed by atoms with Gasteiger partial charge in [0.2, 0.25) is 0 Å². The first kappa shape index (κ1) is 12.4. The Bertz CT molecular complexity index is 380. The van der Waals surface area contributed by atoms with E-state index in [4.69, 9.17) is 19.5 Å². The molecule has 4 nitrogen and oxygen atoms in total. The fourth-order valence-electron chi connectivity index (χ4n) is 1.77. The van der Waals surface area contributed by atoms with Crippen molar-refractivity contribution in [1.29, 1.82) is 0 Å². The summed E-state index contributed by atoms with van der Waals surface area (Å²) < 4.78 is 23.8. The third-order valence-electron chi connectivity index (χ3n) is 2.65. The molecule has 1 saturated heterocycles. The minimum atomic E-state index is -1.76. The van der Waals surface area contributed by atoms with Crippen LogP contribution in [-0.2, 0) is 4.74 Å². The van der Waals surface area contributed by atoms with E-state index in [1.165, 1.54) is 12.1 Å². The lowest BCUT2D eigenvalue weighted by atomic mass is 9.79. The number of halogens is 1. The molecule has 92 valence electrons. The number of hydrogen-bond donors (Lipinski definition) is 2. The second kappa shape index (κ2) is 5.49. The summed E-state index contributed by atoms with van der Waals surface area (Å²) in [5, 5.41) is 18.3. The number of rotatable bonds is 3. The Morgan fingerprint density at radius 3 is 2.82 bits per heavy atom. The molecule has 1 atom stereocenters. The van der Waals surface area contributed by atoms with E-state index < -0.39 is 19.2 Å². The first-order valence-corrected chi connectivity index (χ1v) is 5.60. The van der Waals surface area contributed by atoms with Crippen LogP contribution in [0.2, 0.25) is 0 Å². The fourth-order valence-corrected chi connectivity index (χ4v) is 1.77. The molecule has 1 fully saturated rings. The lowest BCUT2D eigenvalue weighted by Crippen LogP contribution is -2.34. The van der Waals surface area contributed by atoms with E-state index in [1.807, 2.05) is 0 Å². The van der Waals surface area contributed by atoms with Crippen LogP contribution < -0.4 is 10.2 Å². The second-order valence-corrected chi connectivity index (χ2v) is 3.97. The molecule has 2 N–H and O–H groups in total. The van der Waals surface area contributed by atoms with Crippen LogP contribution in [0.3, 0.4) is 0 Å². The second-order valence-electron chi connectivity index (χ2n) is 3.97. The standard InChI is InChI=1S/C11H14BFO4/c13-8-4-5-10(9(7-8)12(14)15)17-11-3-1-2-6-16-11/h4-5,7,11,14-15H,1-3,6H2. The summed E-state index contributed by atoms with van der Waals surface area (Å²) in [5.74, 6) is -0.293. The topological polar surface area (TPSA) is 58.9 Å². The average molecular weight is 240 g/mol. The highest BCUT2D eigenvalue weighted by atomic mass is 19.1. The SMILES string of the molecule is OB(O)c1cc(F)ccc1OC1CCCCO1. The molecule has 0 spiro atoms. The molecule has 1 unspecified atom stereocenters. The van der Waals surface area contributed by atoms with Gasteiger partial charge < -0.3 is 19.5 Å². The van der Waals surface area contributed by atoms with Crippen LogP contribution in [0.25, 0.3) is 0 Å². The van der Waals surface area contributed by atoms with Gasteiger partial charge in [-0.2, -0.15) is 0 Å². The van der Waals surface area contributed by atoms with E-state index in [1.54, 1.807) is 0 Å². The van der Waals surface area contributed by atoms with E-state index in [-0.39, 0.29) is 11.2 Å². The molecule has 0 aliphatic carbocycles. The molecular weight excluding hydrogens is 226 g/mol. The van der Waals surface area contributed by atoms with Crippen molar-refractivity contribution in [2.75, 3.05) is 6.61 Å². The predicted molar refractivity (Wildman–Crippen MR) is 60.4 cm³/mol. The molecule has 0 aromatic heterocycles. The molecule has 0 bridgehead atoms. The van der Waals surface area contributed by atoms with Crippen LogP contribution in [0.5, 0.6) is 5.75 Å². The Morgan fingerprint density at radius 2 is 2.18 bits per heavy atom. The normalized spacial score (nSPS) is 20.1. The lowest BCUT2D eigenvalue weighted by molar-refractivity contribution is -0.105. The Morgan fingerprint density at radius 1 is 1.35 bits per heavy atom. The van der Waals surface area contributed by atoms with Crippen LogP contribution in [0.4, 0.5) is 4.39 Å². The highest BCUT2D eigenvalue weighted by molar-refractivity contribution is 6.59. The molecule has 1 aromatic carbocycles. The molecule has 1 heterocycles. The molecule has 0 amide bonds. The Kier molecular flexibility index (Phi) is 3.99. The Balaban J connectivity index is 2.13. The van der Waals surface area contributed by atoms with Gasteiger partial charge in [-0.05, 0) is 31.0 Å². The van der Waals surface area contributed by atoms with E-state index in [0.29, 0.717) is 6.61 Å². The lowest BCUT2D eigenvalue weighted by Gasteiger charge is -2.24. The van der Waals surface area contributed by atoms with Gasteiger partial charge in [0.05, 0.1) is 6.61 Å². The van der Waals surface area contributed by atoms with Gasteiger partial charge in [-0.1, -0.05) is 0 Å². The molecule has 17 heavy (non-hydrogen) atoms. The van der Waals surface area contributed by atoms with Crippen molar-refractivity contribution in [3.8, 4) is 5.75 Å². The Hall–Kier alpha value is -1.11. The van der Waals surface area contributed by atoms with E-state index in [2.05, 4.69) is 0 Å².